The van der Waals surface area contributed by atoms with E-state index in [9.17, 15) is 9.90 Å². The highest BCUT2D eigenvalue weighted by Gasteiger charge is 2.55. The Morgan fingerprint density at radius 1 is 1.38 bits per heavy atom. The van der Waals surface area contributed by atoms with Crippen LogP contribution in [0.25, 0.3) is 0 Å². The van der Waals surface area contributed by atoms with E-state index in [2.05, 4.69) is 0 Å². The van der Waals surface area contributed by atoms with Crippen molar-refractivity contribution in [3.8, 4) is 0 Å². The molecule has 2 rings (SSSR count). The van der Waals surface area contributed by atoms with Gasteiger partial charge >= 0.3 is 0 Å². The molecule has 2 N–H and O–H groups in total. The first-order valence-corrected chi connectivity index (χ1v) is 6.21. The van der Waals surface area contributed by atoms with Gasteiger partial charge in [-0.15, -0.1) is 0 Å². The second-order valence-corrected chi connectivity index (χ2v) is 4.87. The average molecular weight is 228 g/mol. The van der Waals surface area contributed by atoms with E-state index in [4.69, 9.17) is 9.84 Å². The lowest BCUT2D eigenvalue weighted by Crippen LogP contribution is -2.47. The Hall–Kier alpha value is -0.450. The summed E-state index contributed by atoms with van der Waals surface area (Å²) < 4.78 is 5.65. The summed E-state index contributed by atoms with van der Waals surface area (Å²) in [6, 6.07) is 0. The molecule has 0 aromatic rings. The van der Waals surface area contributed by atoms with Crippen LogP contribution in [0.1, 0.15) is 44.9 Å². The van der Waals surface area contributed by atoms with Gasteiger partial charge in [0.15, 0.2) is 11.4 Å². The van der Waals surface area contributed by atoms with Gasteiger partial charge in [0.1, 0.15) is 6.10 Å². The number of hydrogen-bond acceptors (Lipinski definition) is 4. The summed E-state index contributed by atoms with van der Waals surface area (Å²) in [5.41, 5.74) is -1.21. The zero-order valence-electron chi connectivity index (χ0n) is 9.52. The molecule has 2 fully saturated rings. The van der Waals surface area contributed by atoms with E-state index in [0.29, 0.717) is 19.3 Å². The van der Waals surface area contributed by atoms with Crippen molar-refractivity contribution in [3.05, 3.63) is 0 Å². The lowest BCUT2D eigenvalue weighted by Gasteiger charge is -2.30. The van der Waals surface area contributed by atoms with Crippen LogP contribution in [0.5, 0.6) is 0 Å². The van der Waals surface area contributed by atoms with Gasteiger partial charge in [0.2, 0.25) is 0 Å². The molecule has 0 aromatic heterocycles. The van der Waals surface area contributed by atoms with Crippen LogP contribution in [0.4, 0.5) is 0 Å². The zero-order chi connectivity index (χ0) is 11.6. The minimum absolute atomic E-state index is 0.130. The van der Waals surface area contributed by atoms with Gasteiger partial charge in [-0.2, -0.15) is 0 Å². The van der Waals surface area contributed by atoms with Gasteiger partial charge in [-0.05, 0) is 38.5 Å². The molecule has 1 saturated carbocycles. The van der Waals surface area contributed by atoms with Crippen LogP contribution in [-0.2, 0) is 9.53 Å². The maximum absolute atomic E-state index is 12.0. The van der Waals surface area contributed by atoms with Crippen molar-refractivity contribution in [1.29, 1.82) is 0 Å². The topological polar surface area (TPSA) is 66.8 Å². The predicted octanol–water partition coefficient (Wildman–Crippen LogP) is 0.791. The quantitative estimate of drug-likeness (QED) is 0.698. The molecule has 1 aliphatic heterocycles. The van der Waals surface area contributed by atoms with E-state index >= 15 is 0 Å². The summed E-state index contributed by atoms with van der Waals surface area (Å²) in [5, 5.41) is 19.0. The molecule has 0 unspecified atom stereocenters. The number of unbranched alkanes of at least 4 members (excludes halogenated alkanes) is 1. The van der Waals surface area contributed by atoms with Crippen molar-refractivity contribution >= 4 is 5.78 Å². The fourth-order valence-corrected chi connectivity index (χ4v) is 2.77. The third-order valence-corrected chi connectivity index (χ3v) is 3.73. The fourth-order valence-electron chi connectivity index (χ4n) is 2.77. The first-order valence-electron chi connectivity index (χ1n) is 6.21. The van der Waals surface area contributed by atoms with Crippen LogP contribution in [0, 0.1) is 0 Å². The fraction of sp³-hybridized carbons (Fsp3) is 0.917. The number of aliphatic hydroxyl groups excluding tert-OH is 1. The molecule has 4 nitrogen and oxygen atoms in total. The van der Waals surface area contributed by atoms with Crippen LogP contribution in [0.3, 0.4) is 0 Å². The molecule has 2 aliphatic rings. The van der Waals surface area contributed by atoms with Crippen LogP contribution in [0.2, 0.25) is 0 Å². The largest absolute Gasteiger partial charge is 0.396 e. The number of Topliss-reactive ketones (excluding diaryl/α,β-unsaturated/α-hetero) is 1. The minimum Gasteiger partial charge on any atom is -0.396 e. The Balaban J connectivity index is 1.95. The normalized spacial score (nSPS) is 38.8. The molecule has 1 aliphatic carbocycles. The highest BCUT2D eigenvalue weighted by atomic mass is 16.5. The summed E-state index contributed by atoms with van der Waals surface area (Å²) in [7, 11) is 0. The van der Waals surface area contributed by atoms with Gasteiger partial charge < -0.3 is 14.9 Å². The molecule has 92 valence electrons. The molecular weight excluding hydrogens is 208 g/mol. The van der Waals surface area contributed by atoms with Crippen molar-refractivity contribution in [2.75, 3.05) is 6.61 Å². The van der Waals surface area contributed by atoms with E-state index in [1.54, 1.807) is 0 Å². The van der Waals surface area contributed by atoms with Crippen LogP contribution in [-0.4, -0.2) is 40.4 Å². The maximum atomic E-state index is 12.0. The number of rotatable bonds is 4. The van der Waals surface area contributed by atoms with E-state index in [1.165, 1.54) is 0 Å². The Kier molecular flexibility index (Phi) is 3.62. The maximum Gasteiger partial charge on any atom is 0.195 e. The molecule has 1 saturated heterocycles. The first-order chi connectivity index (χ1) is 7.68. The van der Waals surface area contributed by atoms with Crippen molar-refractivity contribution in [2.24, 2.45) is 0 Å². The highest BCUT2D eigenvalue weighted by Crippen LogP contribution is 2.39. The zero-order valence-corrected chi connectivity index (χ0v) is 9.52. The third-order valence-electron chi connectivity index (χ3n) is 3.73. The smallest absolute Gasteiger partial charge is 0.195 e. The van der Waals surface area contributed by atoms with Gasteiger partial charge in [-0.3, -0.25) is 4.79 Å². The molecule has 4 heteroatoms. The van der Waals surface area contributed by atoms with Crippen molar-refractivity contribution in [2.45, 2.75) is 62.8 Å². The first kappa shape index (κ1) is 12.0. The van der Waals surface area contributed by atoms with Gasteiger partial charge in [-0.1, -0.05) is 6.42 Å². The van der Waals surface area contributed by atoms with Crippen LogP contribution in [0.15, 0.2) is 0 Å². The molecule has 1 heterocycles. The van der Waals surface area contributed by atoms with E-state index in [0.717, 1.165) is 25.7 Å². The summed E-state index contributed by atoms with van der Waals surface area (Å²) >= 11 is 0. The number of fused-ring (bicyclic) bond motifs is 1. The molecule has 0 radical (unpaired) electrons. The number of ketones is 1. The van der Waals surface area contributed by atoms with Gasteiger partial charge in [0, 0.05) is 6.61 Å². The van der Waals surface area contributed by atoms with Gasteiger partial charge in [-0.25, -0.2) is 0 Å². The SMILES string of the molecule is O=C1[C@@H](CCCCO)O[C@@H]2CCCC[C@]12O. The highest BCUT2D eigenvalue weighted by molar-refractivity contribution is 5.93. The monoisotopic (exact) mass is 228 g/mol. The summed E-state index contributed by atoms with van der Waals surface area (Å²) in [6.45, 7) is 0.147. The van der Waals surface area contributed by atoms with Crippen LogP contribution >= 0.6 is 0 Å². The number of ether oxygens (including phenoxy) is 1. The van der Waals surface area contributed by atoms with Gasteiger partial charge in [0.05, 0.1) is 6.10 Å². The Bertz CT molecular complexity index is 266. The third kappa shape index (κ3) is 2.01. The number of carbonyl (C=O) groups excluding carboxylic acids is 1. The molecular formula is C12H20O4. The lowest BCUT2D eigenvalue weighted by atomic mass is 9.80. The van der Waals surface area contributed by atoms with Crippen molar-refractivity contribution < 1.29 is 19.7 Å². The number of hydrogen-bond donors (Lipinski definition) is 2. The minimum atomic E-state index is -1.21. The Morgan fingerprint density at radius 3 is 2.88 bits per heavy atom. The van der Waals surface area contributed by atoms with E-state index < -0.39 is 11.7 Å². The molecule has 3 atom stereocenters. The molecule has 0 spiro atoms. The number of carbonyl (C=O) groups is 1. The molecule has 0 bridgehead atoms. The average Bonchev–Trinajstić information content (AvgIpc) is 2.53. The van der Waals surface area contributed by atoms with E-state index in [1.807, 2.05) is 0 Å². The standard InChI is InChI=1S/C12H20O4/c13-8-4-2-5-9-11(14)12(15)7-3-1-6-10(12)16-9/h9-10,13,15H,1-8H2/t9-,10-,12-/m1/s1. The summed E-state index contributed by atoms with van der Waals surface area (Å²) in [5.74, 6) is -0.130. The molecule has 16 heavy (non-hydrogen) atoms. The number of aliphatic hydroxyl groups is 2. The Labute approximate surface area is 95.6 Å². The van der Waals surface area contributed by atoms with E-state index in [-0.39, 0.29) is 18.5 Å². The van der Waals surface area contributed by atoms with Crippen molar-refractivity contribution in [1.82, 2.24) is 0 Å². The molecule has 0 amide bonds. The van der Waals surface area contributed by atoms with Crippen LogP contribution < -0.4 is 0 Å². The van der Waals surface area contributed by atoms with Crippen molar-refractivity contribution in [3.63, 3.8) is 0 Å². The Morgan fingerprint density at radius 2 is 2.19 bits per heavy atom. The summed E-state index contributed by atoms with van der Waals surface area (Å²) in [6.07, 6.45) is 4.64. The lowest BCUT2D eigenvalue weighted by molar-refractivity contribution is -0.137. The van der Waals surface area contributed by atoms with Gasteiger partial charge in [0.25, 0.3) is 0 Å². The summed E-state index contributed by atoms with van der Waals surface area (Å²) in [4.78, 5) is 12.0. The predicted molar refractivity (Wildman–Crippen MR) is 58.0 cm³/mol. The second kappa shape index (κ2) is 4.82. The second-order valence-electron chi connectivity index (χ2n) is 4.87. The molecule has 0 aromatic carbocycles.